The average Bonchev–Trinajstić information content (AvgIpc) is 2.96. The predicted molar refractivity (Wildman–Crippen MR) is 110 cm³/mol. The second kappa shape index (κ2) is 7.95. The van der Waals surface area contributed by atoms with Crippen molar-refractivity contribution in [2.24, 2.45) is 0 Å². The van der Waals surface area contributed by atoms with Crippen LogP contribution in [0.5, 0.6) is 11.5 Å². The lowest BCUT2D eigenvalue weighted by atomic mass is 10.1. The van der Waals surface area contributed by atoms with Crippen molar-refractivity contribution in [3.63, 3.8) is 0 Å². The summed E-state index contributed by atoms with van der Waals surface area (Å²) in [5.74, 6) is 1.56. The van der Waals surface area contributed by atoms with E-state index in [9.17, 15) is 4.79 Å². The summed E-state index contributed by atoms with van der Waals surface area (Å²) < 4.78 is 17.4. The second-order valence-electron chi connectivity index (χ2n) is 5.83. The fraction of sp³-hybridized carbons (Fsp3) is 0.190. The van der Waals surface area contributed by atoms with Crippen LogP contribution in [0.2, 0.25) is 0 Å². The maximum atomic E-state index is 12.2. The highest BCUT2D eigenvalue weighted by Crippen LogP contribution is 2.35. The van der Waals surface area contributed by atoms with Crippen molar-refractivity contribution in [3.05, 3.63) is 68.3 Å². The van der Waals surface area contributed by atoms with E-state index in [0.29, 0.717) is 29.4 Å². The first-order valence-corrected chi connectivity index (χ1v) is 9.32. The zero-order valence-electron chi connectivity index (χ0n) is 14.8. The maximum Gasteiger partial charge on any atom is 0.343 e. The third-order valence-corrected chi connectivity index (χ3v) is 4.72. The van der Waals surface area contributed by atoms with Crippen LogP contribution < -0.4 is 9.47 Å². The molecule has 4 nitrogen and oxygen atoms in total. The molecule has 0 N–H and O–H groups in total. The molecule has 0 fully saturated rings. The molecule has 0 saturated heterocycles. The van der Waals surface area contributed by atoms with Crippen LogP contribution in [0, 0.1) is 10.5 Å². The van der Waals surface area contributed by atoms with Crippen molar-refractivity contribution in [1.82, 2.24) is 0 Å². The SMILES string of the molecule is CCOc1cc(/C=C2/C=C(c3ccc(C)cc3)OC2=O)cc(I)c1OC. The zero-order chi connectivity index (χ0) is 18.7. The molecular weight excluding hydrogens is 443 g/mol. The highest BCUT2D eigenvalue weighted by molar-refractivity contribution is 14.1. The summed E-state index contributed by atoms with van der Waals surface area (Å²) in [6.45, 7) is 4.47. The highest BCUT2D eigenvalue weighted by atomic mass is 127. The van der Waals surface area contributed by atoms with Gasteiger partial charge in [0.1, 0.15) is 5.76 Å². The number of methoxy groups -OCH3 is 1. The first-order chi connectivity index (χ1) is 12.5. The van der Waals surface area contributed by atoms with E-state index in [1.54, 1.807) is 19.3 Å². The Morgan fingerprint density at radius 3 is 2.58 bits per heavy atom. The summed E-state index contributed by atoms with van der Waals surface area (Å²) in [5, 5.41) is 0. The van der Waals surface area contributed by atoms with Crippen molar-refractivity contribution < 1.29 is 19.0 Å². The molecule has 0 amide bonds. The van der Waals surface area contributed by atoms with E-state index in [2.05, 4.69) is 22.6 Å². The predicted octanol–water partition coefficient (Wildman–Crippen LogP) is 4.99. The fourth-order valence-electron chi connectivity index (χ4n) is 2.66. The van der Waals surface area contributed by atoms with Gasteiger partial charge >= 0.3 is 5.97 Å². The number of halogens is 1. The Balaban J connectivity index is 1.96. The topological polar surface area (TPSA) is 44.8 Å². The molecule has 0 unspecified atom stereocenters. The van der Waals surface area contributed by atoms with E-state index >= 15 is 0 Å². The molecule has 26 heavy (non-hydrogen) atoms. The Morgan fingerprint density at radius 1 is 1.19 bits per heavy atom. The quantitative estimate of drug-likeness (QED) is 0.357. The number of carbonyl (C=O) groups is 1. The summed E-state index contributed by atoms with van der Waals surface area (Å²) in [6, 6.07) is 11.7. The Bertz CT molecular complexity index is 895. The van der Waals surface area contributed by atoms with Crippen LogP contribution in [0.1, 0.15) is 23.6 Å². The van der Waals surface area contributed by atoms with Gasteiger partial charge in [-0.15, -0.1) is 0 Å². The van der Waals surface area contributed by atoms with Gasteiger partial charge in [-0.2, -0.15) is 0 Å². The summed E-state index contributed by atoms with van der Waals surface area (Å²) in [4.78, 5) is 12.2. The van der Waals surface area contributed by atoms with Gasteiger partial charge in [-0.25, -0.2) is 4.79 Å². The van der Waals surface area contributed by atoms with Crippen molar-refractivity contribution in [2.75, 3.05) is 13.7 Å². The van der Waals surface area contributed by atoms with Crippen molar-refractivity contribution in [3.8, 4) is 11.5 Å². The molecule has 1 aliphatic rings. The fourth-order valence-corrected chi connectivity index (χ4v) is 3.51. The van der Waals surface area contributed by atoms with Gasteiger partial charge in [0.25, 0.3) is 0 Å². The largest absolute Gasteiger partial charge is 0.492 e. The van der Waals surface area contributed by atoms with Crippen LogP contribution in [0.4, 0.5) is 0 Å². The smallest absolute Gasteiger partial charge is 0.343 e. The molecule has 0 aromatic heterocycles. The van der Waals surface area contributed by atoms with Crippen molar-refractivity contribution >= 4 is 40.4 Å². The molecule has 0 spiro atoms. The number of carbonyl (C=O) groups excluding carboxylic acids is 1. The molecule has 2 aromatic rings. The van der Waals surface area contributed by atoms with E-state index < -0.39 is 0 Å². The monoisotopic (exact) mass is 462 g/mol. The lowest BCUT2D eigenvalue weighted by molar-refractivity contribution is -0.130. The molecule has 1 heterocycles. The minimum Gasteiger partial charge on any atom is -0.492 e. The van der Waals surface area contributed by atoms with Gasteiger partial charge in [0, 0.05) is 5.56 Å². The normalized spacial score (nSPS) is 15.0. The number of esters is 1. The van der Waals surface area contributed by atoms with E-state index in [-0.39, 0.29) is 5.97 Å². The molecule has 5 heteroatoms. The van der Waals surface area contributed by atoms with Gasteiger partial charge in [-0.3, -0.25) is 0 Å². The van der Waals surface area contributed by atoms with Crippen LogP contribution in [0.25, 0.3) is 11.8 Å². The number of cyclic esters (lactones) is 1. The van der Waals surface area contributed by atoms with Crippen molar-refractivity contribution in [1.29, 1.82) is 0 Å². The molecule has 0 aliphatic carbocycles. The summed E-state index contributed by atoms with van der Waals surface area (Å²) in [7, 11) is 1.61. The van der Waals surface area contributed by atoms with E-state index in [1.807, 2.05) is 50.2 Å². The van der Waals surface area contributed by atoms with Crippen LogP contribution in [-0.2, 0) is 9.53 Å². The standard InChI is InChI=1S/C21H19IO4/c1-4-25-19-11-14(10-17(22)20(19)24-3)9-16-12-18(26-21(16)23)15-7-5-13(2)6-8-15/h5-12H,4H2,1-3H3/b16-9-. The number of aryl methyl sites for hydroxylation is 1. The Morgan fingerprint density at radius 2 is 1.92 bits per heavy atom. The molecule has 0 saturated carbocycles. The van der Waals surface area contributed by atoms with Crippen LogP contribution in [0.3, 0.4) is 0 Å². The minimum atomic E-state index is -0.357. The van der Waals surface area contributed by atoms with Gasteiger partial charge in [0.05, 0.1) is 22.9 Å². The third kappa shape index (κ3) is 3.93. The molecule has 0 bridgehead atoms. The zero-order valence-corrected chi connectivity index (χ0v) is 17.0. The average molecular weight is 462 g/mol. The van der Waals surface area contributed by atoms with Gasteiger partial charge in [0.15, 0.2) is 11.5 Å². The first-order valence-electron chi connectivity index (χ1n) is 8.24. The molecule has 3 rings (SSSR count). The van der Waals surface area contributed by atoms with E-state index in [1.165, 1.54) is 0 Å². The summed E-state index contributed by atoms with van der Waals surface area (Å²) in [5.41, 5.74) is 3.40. The molecule has 134 valence electrons. The van der Waals surface area contributed by atoms with Gasteiger partial charge in [-0.05, 0) is 66.3 Å². The summed E-state index contributed by atoms with van der Waals surface area (Å²) in [6.07, 6.45) is 3.57. The second-order valence-corrected chi connectivity index (χ2v) is 6.99. The van der Waals surface area contributed by atoms with Gasteiger partial charge < -0.3 is 14.2 Å². The molecule has 1 aliphatic heterocycles. The molecule has 0 radical (unpaired) electrons. The number of hydrogen-bond acceptors (Lipinski definition) is 4. The molecule has 0 atom stereocenters. The van der Waals surface area contributed by atoms with Crippen molar-refractivity contribution in [2.45, 2.75) is 13.8 Å². The highest BCUT2D eigenvalue weighted by Gasteiger charge is 2.22. The Hall–Kier alpha value is -2.28. The van der Waals surface area contributed by atoms with E-state index in [0.717, 1.165) is 20.3 Å². The van der Waals surface area contributed by atoms with Gasteiger partial charge in [-0.1, -0.05) is 29.8 Å². The molecule has 2 aromatic carbocycles. The number of hydrogen-bond donors (Lipinski definition) is 0. The lowest BCUT2D eigenvalue weighted by Crippen LogP contribution is -1.99. The molecular formula is C21H19IO4. The number of ether oxygens (including phenoxy) is 3. The first kappa shape index (κ1) is 18.5. The van der Waals surface area contributed by atoms with E-state index in [4.69, 9.17) is 14.2 Å². The number of rotatable bonds is 5. The minimum absolute atomic E-state index is 0.357. The van der Waals surface area contributed by atoms with Crippen LogP contribution in [-0.4, -0.2) is 19.7 Å². The van der Waals surface area contributed by atoms with Crippen LogP contribution >= 0.6 is 22.6 Å². The summed E-state index contributed by atoms with van der Waals surface area (Å²) >= 11 is 2.19. The van der Waals surface area contributed by atoms with Crippen LogP contribution in [0.15, 0.2) is 48.0 Å². The maximum absolute atomic E-state index is 12.2. The Kier molecular flexibility index (Phi) is 5.66. The third-order valence-electron chi connectivity index (χ3n) is 3.92. The van der Waals surface area contributed by atoms with Gasteiger partial charge in [0.2, 0.25) is 0 Å². The Labute approximate surface area is 166 Å². The number of benzene rings is 2. The lowest BCUT2D eigenvalue weighted by Gasteiger charge is -2.12.